The molecule has 1 fully saturated rings. The molecule has 116 valence electrons. The lowest BCUT2D eigenvalue weighted by molar-refractivity contribution is 0.00479. The zero-order chi connectivity index (χ0) is 15.6. The highest BCUT2D eigenvalue weighted by Gasteiger charge is 2.25. The standard InChI is InChI=1S/C15H21NO4S/c1-10-5-3-4-6-14(10)20-15(17)11-7-12(16)9-13(8-11)21(2,18)19/h7-10,14H,3-6,16H2,1-2H3. The van der Waals surface area contributed by atoms with Gasteiger partial charge in [0.05, 0.1) is 10.5 Å². The van der Waals surface area contributed by atoms with Gasteiger partial charge in [-0.25, -0.2) is 13.2 Å². The monoisotopic (exact) mass is 311 g/mol. The van der Waals surface area contributed by atoms with E-state index in [1.165, 1.54) is 18.2 Å². The predicted octanol–water partition coefficient (Wildman–Crippen LogP) is 2.41. The molecule has 0 aromatic heterocycles. The van der Waals surface area contributed by atoms with Gasteiger partial charge >= 0.3 is 5.97 Å². The number of hydrogen-bond donors (Lipinski definition) is 1. The summed E-state index contributed by atoms with van der Waals surface area (Å²) in [4.78, 5) is 12.3. The minimum Gasteiger partial charge on any atom is -0.458 e. The van der Waals surface area contributed by atoms with Crippen molar-refractivity contribution in [3.8, 4) is 0 Å². The lowest BCUT2D eigenvalue weighted by atomic mass is 9.88. The largest absolute Gasteiger partial charge is 0.458 e. The first-order valence-corrected chi connectivity index (χ1v) is 8.98. The molecule has 0 bridgehead atoms. The first kappa shape index (κ1) is 15.8. The van der Waals surface area contributed by atoms with Crippen LogP contribution in [0.4, 0.5) is 5.69 Å². The number of benzene rings is 1. The quantitative estimate of drug-likeness (QED) is 0.684. The zero-order valence-corrected chi connectivity index (χ0v) is 13.2. The maximum absolute atomic E-state index is 12.2. The van der Waals surface area contributed by atoms with Crippen molar-refractivity contribution in [1.82, 2.24) is 0 Å². The second-order valence-electron chi connectivity index (χ2n) is 5.77. The van der Waals surface area contributed by atoms with Gasteiger partial charge in [-0.1, -0.05) is 13.3 Å². The number of hydrogen-bond acceptors (Lipinski definition) is 5. The fourth-order valence-electron chi connectivity index (χ4n) is 2.62. The van der Waals surface area contributed by atoms with Crippen molar-refractivity contribution >= 4 is 21.5 Å². The summed E-state index contributed by atoms with van der Waals surface area (Å²) in [6.45, 7) is 2.07. The van der Waals surface area contributed by atoms with Gasteiger partial charge < -0.3 is 10.5 Å². The average Bonchev–Trinajstić information content (AvgIpc) is 2.39. The molecule has 1 saturated carbocycles. The molecule has 1 aliphatic carbocycles. The number of nitrogens with two attached hydrogens (primary N) is 1. The van der Waals surface area contributed by atoms with Gasteiger partial charge in [-0.05, 0) is 43.4 Å². The van der Waals surface area contributed by atoms with E-state index >= 15 is 0 Å². The van der Waals surface area contributed by atoms with E-state index in [-0.39, 0.29) is 22.3 Å². The van der Waals surface area contributed by atoms with E-state index < -0.39 is 15.8 Å². The average molecular weight is 311 g/mol. The van der Waals surface area contributed by atoms with Crippen LogP contribution in [0.15, 0.2) is 23.1 Å². The Bertz CT molecular complexity index is 639. The van der Waals surface area contributed by atoms with Gasteiger partial charge in [0.25, 0.3) is 0 Å². The number of carbonyl (C=O) groups excluding carboxylic acids is 1. The first-order chi connectivity index (χ1) is 9.77. The fourth-order valence-corrected chi connectivity index (χ4v) is 3.31. The van der Waals surface area contributed by atoms with E-state index in [0.717, 1.165) is 31.9 Å². The summed E-state index contributed by atoms with van der Waals surface area (Å²) >= 11 is 0. The minimum atomic E-state index is -3.41. The third-order valence-electron chi connectivity index (χ3n) is 3.88. The molecule has 2 rings (SSSR count). The zero-order valence-electron chi connectivity index (χ0n) is 12.3. The molecule has 0 radical (unpaired) electrons. The lowest BCUT2D eigenvalue weighted by Gasteiger charge is -2.28. The summed E-state index contributed by atoms with van der Waals surface area (Å²) in [6, 6.07) is 4.11. The normalized spacial score (nSPS) is 22.8. The van der Waals surface area contributed by atoms with Crippen LogP contribution in [-0.2, 0) is 14.6 Å². The molecule has 0 saturated heterocycles. The molecule has 21 heavy (non-hydrogen) atoms. The Morgan fingerprint density at radius 3 is 2.52 bits per heavy atom. The summed E-state index contributed by atoms with van der Waals surface area (Å²) in [5.74, 6) is -0.177. The van der Waals surface area contributed by atoms with Crippen LogP contribution in [0.2, 0.25) is 0 Å². The van der Waals surface area contributed by atoms with Crippen LogP contribution in [0.3, 0.4) is 0 Å². The Morgan fingerprint density at radius 2 is 1.90 bits per heavy atom. The molecule has 0 aliphatic heterocycles. The van der Waals surface area contributed by atoms with Crippen molar-refractivity contribution in [1.29, 1.82) is 0 Å². The Kier molecular flexibility index (Phi) is 4.56. The number of esters is 1. The van der Waals surface area contributed by atoms with E-state index in [9.17, 15) is 13.2 Å². The maximum atomic E-state index is 12.2. The summed E-state index contributed by atoms with van der Waals surface area (Å²) in [5, 5.41) is 0. The van der Waals surface area contributed by atoms with Gasteiger partial charge in [-0.15, -0.1) is 0 Å². The van der Waals surface area contributed by atoms with E-state index in [0.29, 0.717) is 5.92 Å². The number of rotatable bonds is 3. The van der Waals surface area contributed by atoms with Gasteiger partial charge in [0, 0.05) is 11.9 Å². The van der Waals surface area contributed by atoms with Crippen molar-refractivity contribution < 1.29 is 17.9 Å². The van der Waals surface area contributed by atoms with Crippen LogP contribution < -0.4 is 5.73 Å². The van der Waals surface area contributed by atoms with Crippen molar-refractivity contribution in [3.63, 3.8) is 0 Å². The molecule has 5 nitrogen and oxygen atoms in total. The van der Waals surface area contributed by atoms with Gasteiger partial charge in [-0.3, -0.25) is 0 Å². The van der Waals surface area contributed by atoms with Crippen LogP contribution in [0, 0.1) is 5.92 Å². The molecule has 1 aromatic carbocycles. The molecule has 0 heterocycles. The molecular formula is C15H21NO4S. The van der Waals surface area contributed by atoms with Crippen molar-refractivity contribution in [2.45, 2.75) is 43.6 Å². The van der Waals surface area contributed by atoms with Crippen molar-refractivity contribution in [3.05, 3.63) is 23.8 Å². The molecule has 1 aromatic rings. The first-order valence-electron chi connectivity index (χ1n) is 7.09. The highest BCUT2D eigenvalue weighted by Crippen LogP contribution is 2.27. The number of anilines is 1. The minimum absolute atomic E-state index is 0.0335. The smallest absolute Gasteiger partial charge is 0.338 e. The number of sulfone groups is 1. The molecule has 1 aliphatic rings. The number of carbonyl (C=O) groups is 1. The maximum Gasteiger partial charge on any atom is 0.338 e. The Hall–Kier alpha value is -1.56. The molecule has 0 spiro atoms. The highest BCUT2D eigenvalue weighted by molar-refractivity contribution is 7.90. The van der Waals surface area contributed by atoms with E-state index in [2.05, 4.69) is 6.92 Å². The Labute approximate surface area is 125 Å². The second kappa shape index (κ2) is 6.05. The molecule has 6 heteroatoms. The number of nitrogen functional groups attached to an aromatic ring is 1. The van der Waals surface area contributed by atoms with Crippen LogP contribution in [0.1, 0.15) is 43.0 Å². The van der Waals surface area contributed by atoms with Gasteiger partial charge in [0.2, 0.25) is 0 Å². The fraction of sp³-hybridized carbons (Fsp3) is 0.533. The third kappa shape index (κ3) is 3.97. The van der Waals surface area contributed by atoms with Gasteiger partial charge in [0.1, 0.15) is 6.10 Å². The molecular weight excluding hydrogens is 290 g/mol. The number of ether oxygens (including phenoxy) is 1. The van der Waals surface area contributed by atoms with Crippen molar-refractivity contribution in [2.75, 3.05) is 12.0 Å². The third-order valence-corrected chi connectivity index (χ3v) is 4.98. The Balaban J connectivity index is 2.21. The van der Waals surface area contributed by atoms with Crippen LogP contribution >= 0.6 is 0 Å². The SMILES string of the molecule is CC1CCCCC1OC(=O)c1cc(N)cc(S(C)(=O)=O)c1. The topological polar surface area (TPSA) is 86.5 Å². The van der Waals surface area contributed by atoms with E-state index in [1.807, 2.05) is 0 Å². The summed E-state index contributed by atoms with van der Waals surface area (Å²) < 4.78 is 28.7. The van der Waals surface area contributed by atoms with E-state index in [4.69, 9.17) is 10.5 Å². The molecule has 2 unspecified atom stereocenters. The summed E-state index contributed by atoms with van der Waals surface area (Å²) in [6.07, 6.45) is 5.09. The van der Waals surface area contributed by atoms with Gasteiger partial charge in [0.15, 0.2) is 9.84 Å². The van der Waals surface area contributed by atoms with Crippen LogP contribution in [0.25, 0.3) is 0 Å². The molecule has 0 amide bonds. The van der Waals surface area contributed by atoms with Crippen LogP contribution in [0.5, 0.6) is 0 Å². The second-order valence-corrected chi connectivity index (χ2v) is 7.78. The summed E-state index contributed by atoms with van der Waals surface area (Å²) in [7, 11) is -3.41. The molecule has 2 atom stereocenters. The predicted molar refractivity (Wildman–Crippen MR) is 80.8 cm³/mol. The summed E-state index contributed by atoms with van der Waals surface area (Å²) in [5.41, 5.74) is 6.11. The van der Waals surface area contributed by atoms with E-state index in [1.54, 1.807) is 0 Å². The van der Waals surface area contributed by atoms with Gasteiger partial charge in [-0.2, -0.15) is 0 Å². The van der Waals surface area contributed by atoms with Crippen molar-refractivity contribution in [2.24, 2.45) is 5.92 Å². The highest BCUT2D eigenvalue weighted by atomic mass is 32.2. The van der Waals surface area contributed by atoms with Crippen LogP contribution in [-0.4, -0.2) is 26.7 Å². The Morgan fingerprint density at radius 1 is 1.24 bits per heavy atom. The lowest BCUT2D eigenvalue weighted by Crippen LogP contribution is -2.28. The molecule has 2 N–H and O–H groups in total.